The molecule has 6 N–H and O–H groups in total. The summed E-state index contributed by atoms with van der Waals surface area (Å²) < 4.78 is 11.6. The number of hydrazine groups is 1. The molecule has 2 aromatic rings. The Balaban J connectivity index is 2.10. The monoisotopic (exact) mass is 414 g/mol. The van der Waals surface area contributed by atoms with Gasteiger partial charge in [-0.15, -0.1) is 5.10 Å². The highest BCUT2D eigenvalue weighted by atomic mass is 16.5. The van der Waals surface area contributed by atoms with Crippen molar-refractivity contribution >= 4 is 11.8 Å². The van der Waals surface area contributed by atoms with Gasteiger partial charge in [0.15, 0.2) is 5.84 Å². The summed E-state index contributed by atoms with van der Waals surface area (Å²) in [5, 5.41) is 13.6. The fraction of sp³-hybridized carbons (Fsp3) is 0.364. The van der Waals surface area contributed by atoms with E-state index in [1.54, 1.807) is 20.8 Å². The highest BCUT2D eigenvalue weighted by Gasteiger charge is 2.47. The molecule has 0 aliphatic rings. The van der Waals surface area contributed by atoms with Crippen molar-refractivity contribution in [2.24, 2.45) is 16.7 Å². The van der Waals surface area contributed by atoms with Gasteiger partial charge in [-0.1, -0.05) is 42.5 Å². The zero-order chi connectivity index (χ0) is 22.2. The van der Waals surface area contributed by atoms with Crippen molar-refractivity contribution in [1.82, 2.24) is 5.53 Å². The van der Waals surface area contributed by atoms with Gasteiger partial charge in [0.2, 0.25) is 5.60 Å². The Morgan fingerprint density at radius 3 is 2.23 bits per heavy atom. The number of nitrogens with zero attached hydrogens (tertiary/aromatic N) is 1. The first-order valence-electron chi connectivity index (χ1n) is 9.65. The second kappa shape index (κ2) is 10.1. The number of nitrogens with two attached hydrogens (primary N) is 2. The number of benzene rings is 2. The number of ether oxygens (including phenoxy) is 2. The fourth-order valence-electron chi connectivity index (χ4n) is 2.99. The molecule has 0 saturated carbocycles. The third-order valence-electron chi connectivity index (χ3n) is 4.36. The van der Waals surface area contributed by atoms with Gasteiger partial charge in [0.05, 0.1) is 5.60 Å². The predicted molar refractivity (Wildman–Crippen MR) is 116 cm³/mol. The molecule has 0 spiro atoms. The zero-order valence-corrected chi connectivity index (χ0v) is 17.6. The summed E-state index contributed by atoms with van der Waals surface area (Å²) in [6, 6.07) is 17.4. The number of hydrogen-bond donors (Lipinski definition) is 4. The Hall–Kier alpha value is -3.10. The fourth-order valence-corrected chi connectivity index (χ4v) is 2.99. The molecule has 30 heavy (non-hydrogen) atoms. The topological polar surface area (TPSA) is 132 Å². The molecule has 0 amide bonds. The van der Waals surface area contributed by atoms with Gasteiger partial charge < -0.3 is 20.3 Å². The minimum atomic E-state index is -1.81. The summed E-state index contributed by atoms with van der Waals surface area (Å²) in [7, 11) is 0. The molecule has 0 saturated heterocycles. The maximum atomic E-state index is 12.1. The zero-order valence-electron chi connectivity index (χ0n) is 17.6. The van der Waals surface area contributed by atoms with Crippen molar-refractivity contribution < 1.29 is 19.4 Å². The van der Waals surface area contributed by atoms with Gasteiger partial charge in [0, 0.05) is 0 Å². The third-order valence-corrected chi connectivity index (χ3v) is 4.36. The number of aryl methyl sites for hydroxylation is 1. The van der Waals surface area contributed by atoms with Crippen LogP contribution in [-0.2, 0) is 22.6 Å². The number of hydrogen-bond acceptors (Lipinski definition) is 6. The summed E-state index contributed by atoms with van der Waals surface area (Å²) >= 11 is 0. The van der Waals surface area contributed by atoms with E-state index in [4.69, 9.17) is 21.1 Å². The Morgan fingerprint density at radius 2 is 1.70 bits per heavy atom. The largest absolute Gasteiger partial charge is 0.489 e. The van der Waals surface area contributed by atoms with Crippen molar-refractivity contribution in [3.05, 3.63) is 65.7 Å². The van der Waals surface area contributed by atoms with Crippen molar-refractivity contribution in [3.8, 4) is 5.75 Å². The molecular weight excluding hydrogens is 384 g/mol. The van der Waals surface area contributed by atoms with Crippen LogP contribution < -0.4 is 21.8 Å². The molecule has 1 unspecified atom stereocenters. The first-order chi connectivity index (χ1) is 14.2. The van der Waals surface area contributed by atoms with Crippen LogP contribution in [0.4, 0.5) is 0 Å². The van der Waals surface area contributed by atoms with E-state index in [-0.39, 0.29) is 12.3 Å². The molecule has 0 aliphatic carbocycles. The number of amidine groups is 1. The molecule has 162 valence electrons. The lowest BCUT2D eigenvalue weighted by Crippen LogP contribution is -2.57. The second-order valence-corrected chi connectivity index (χ2v) is 7.89. The second-order valence-electron chi connectivity index (χ2n) is 7.89. The van der Waals surface area contributed by atoms with E-state index in [0.29, 0.717) is 13.0 Å². The van der Waals surface area contributed by atoms with Crippen LogP contribution in [0.5, 0.6) is 5.75 Å². The number of nitrogens with one attached hydrogen (secondary N) is 1. The average molecular weight is 415 g/mol. The van der Waals surface area contributed by atoms with Crippen molar-refractivity contribution in [2.45, 2.75) is 51.4 Å². The molecular formula is C22H30N4O4. The molecule has 0 bridgehead atoms. The van der Waals surface area contributed by atoms with Gasteiger partial charge in [0.1, 0.15) is 12.4 Å². The standard InChI is InChI=1S/C22H30N4O4/c1-21(2,3)30-22(20(27)28,19(23)25-26-24)14-13-16-9-11-18(12-10-16)29-15-17-7-5-4-6-8-17/h4-12,26H,13-15,24H2,1-3H3,(H2,23,25)(H,27,28). The van der Waals surface area contributed by atoms with Crippen molar-refractivity contribution in [3.63, 3.8) is 0 Å². The number of carbonyl (C=O) groups is 1. The molecule has 2 rings (SSSR count). The van der Waals surface area contributed by atoms with Crippen LogP contribution in [0.25, 0.3) is 0 Å². The lowest BCUT2D eigenvalue weighted by molar-refractivity contribution is -0.171. The lowest BCUT2D eigenvalue weighted by Gasteiger charge is -2.35. The molecule has 2 aromatic carbocycles. The Bertz CT molecular complexity index is 848. The third kappa shape index (κ3) is 6.47. The Morgan fingerprint density at radius 1 is 1.07 bits per heavy atom. The SMILES string of the molecule is CC(C)(C)OC(CCc1ccc(OCc2ccccc2)cc1)(C(=O)O)/C(N)=N/NN. The summed E-state index contributed by atoms with van der Waals surface area (Å²) in [6.07, 6.45) is 0.489. The van der Waals surface area contributed by atoms with Crippen LogP contribution in [0, 0.1) is 0 Å². The first-order valence-corrected chi connectivity index (χ1v) is 9.65. The van der Waals surface area contributed by atoms with Gasteiger partial charge in [-0.25, -0.2) is 16.2 Å². The smallest absolute Gasteiger partial charge is 0.344 e. The van der Waals surface area contributed by atoms with E-state index >= 15 is 0 Å². The highest BCUT2D eigenvalue weighted by molar-refractivity contribution is 6.07. The van der Waals surface area contributed by atoms with Crippen LogP contribution >= 0.6 is 0 Å². The van der Waals surface area contributed by atoms with Gasteiger partial charge in [-0.2, -0.15) is 0 Å². The molecule has 8 nitrogen and oxygen atoms in total. The van der Waals surface area contributed by atoms with E-state index in [0.717, 1.165) is 16.9 Å². The average Bonchev–Trinajstić information content (AvgIpc) is 2.70. The highest BCUT2D eigenvalue weighted by Crippen LogP contribution is 2.27. The summed E-state index contributed by atoms with van der Waals surface area (Å²) in [4.78, 5) is 12.1. The molecule has 0 fully saturated rings. The minimum absolute atomic E-state index is 0.0842. The maximum absolute atomic E-state index is 12.1. The number of hydrazone groups is 1. The number of aliphatic carboxylic acids is 1. The van der Waals surface area contributed by atoms with E-state index in [2.05, 4.69) is 5.10 Å². The van der Waals surface area contributed by atoms with E-state index in [9.17, 15) is 9.90 Å². The molecule has 0 heterocycles. The van der Waals surface area contributed by atoms with Crippen LogP contribution in [0.3, 0.4) is 0 Å². The number of carboxylic acids is 1. The lowest BCUT2D eigenvalue weighted by atomic mass is 9.92. The quantitative estimate of drug-likeness (QED) is 0.203. The van der Waals surface area contributed by atoms with Crippen LogP contribution in [-0.4, -0.2) is 28.1 Å². The predicted octanol–water partition coefficient (Wildman–Crippen LogP) is 2.57. The van der Waals surface area contributed by atoms with E-state index in [1.807, 2.05) is 60.1 Å². The van der Waals surface area contributed by atoms with Crippen molar-refractivity contribution in [1.29, 1.82) is 0 Å². The summed E-state index contributed by atoms with van der Waals surface area (Å²) in [5.41, 5.74) is 7.41. The minimum Gasteiger partial charge on any atom is -0.489 e. The maximum Gasteiger partial charge on any atom is 0.344 e. The van der Waals surface area contributed by atoms with Gasteiger partial charge in [-0.05, 0) is 56.9 Å². The van der Waals surface area contributed by atoms with Gasteiger partial charge in [0.25, 0.3) is 0 Å². The molecule has 0 aromatic heterocycles. The summed E-state index contributed by atoms with van der Waals surface area (Å²) in [5.74, 6) is 4.47. The van der Waals surface area contributed by atoms with Gasteiger partial charge >= 0.3 is 5.97 Å². The van der Waals surface area contributed by atoms with Crippen molar-refractivity contribution in [2.75, 3.05) is 0 Å². The van der Waals surface area contributed by atoms with E-state index in [1.165, 1.54) is 0 Å². The van der Waals surface area contributed by atoms with Crippen LogP contribution in [0.1, 0.15) is 38.3 Å². The Labute approximate surface area is 176 Å². The Kier molecular flexibility index (Phi) is 7.79. The molecule has 0 aliphatic heterocycles. The van der Waals surface area contributed by atoms with E-state index < -0.39 is 17.2 Å². The molecule has 8 heteroatoms. The normalized spacial score (nSPS) is 14.1. The molecule has 0 radical (unpaired) electrons. The van der Waals surface area contributed by atoms with Crippen LogP contribution in [0.15, 0.2) is 59.7 Å². The van der Waals surface area contributed by atoms with Gasteiger partial charge in [-0.3, -0.25) is 0 Å². The number of rotatable bonds is 10. The summed E-state index contributed by atoms with van der Waals surface area (Å²) in [6.45, 7) is 5.74. The first kappa shape index (κ1) is 23.2. The number of carboxylic acid groups (broad SMARTS) is 1. The molecule has 1 atom stereocenters. The van der Waals surface area contributed by atoms with Crippen LogP contribution in [0.2, 0.25) is 0 Å².